The molecule has 0 amide bonds. The third-order valence-corrected chi connectivity index (χ3v) is 3.72. The molecule has 4 heteroatoms. The molecule has 0 aromatic heterocycles. The van der Waals surface area contributed by atoms with Crippen molar-refractivity contribution in [3.8, 4) is 0 Å². The molecular formula is C10H13NO2S. The second kappa shape index (κ2) is 3.07. The highest BCUT2D eigenvalue weighted by Gasteiger charge is 2.19. The molecule has 0 saturated carbocycles. The number of rotatable bonds is 1. The number of benzene rings is 1. The third kappa shape index (κ3) is 1.55. The maximum Gasteiger partial charge on any atom is 0.175 e. The normalized spacial score (nSPS) is 20.9. The van der Waals surface area contributed by atoms with Crippen LogP contribution in [0.4, 0.5) is 0 Å². The summed E-state index contributed by atoms with van der Waals surface area (Å²) < 4.78 is 22.6. The lowest BCUT2D eigenvalue weighted by Gasteiger charge is -2.05. The second-order valence-corrected chi connectivity index (χ2v) is 5.75. The molecule has 1 aliphatic rings. The molecule has 1 heterocycles. The summed E-state index contributed by atoms with van der Waals surface area (Å²) in [6.45, 7) is 2.84. The van der Waals surface area contributed by atoms with Gasteiger partial charge < -0.3 is 5.32 Å². The van der Waals surface area contributed by atoms with Crippen LogP contribution in [0.1, 0.15) is 24.1 Å². The van der Waals surface area contributed by atoms with Gasteiger partial charge >= 0.3 is 0 Å². The Hall–Kier alpha value is -0.870. The average molecular weight is 211 g/mol. The smallest absolute Gasteiger partial charge is 0.175 e. The van der Waals surface area contributed by atoms with Crippen molar-refractivity contribution >= 4 is 9.84 Å². The van der Waals surface area contributed by atoms with E-state index in [1.807, 2.05) is 6.07 Å². The van der Waals surface area contributed by atoms with Gasteiger partial charge in [0.1, 0.15) is 0 Å². The fraction of sp³-hybridized carbons (Fsp3) is 0.400. The number of hydrogen-bond acceptors (Lipinski definition) is 3. The van der Waals surface area contributed by atoms with Crippen molar-refractivity contribution in [3.63, 3.8) is 0 Å². The average Bonchev–Trinajstić information content (AvgIpc) is 2.46. The van der Waals surface area contributed by atoms with E-state index in [1.165, 1.54) is 11.8 Å². The molecule has 0 radical (unpaired) electrons. The number of nitrogens with one attached hydrogen (secondary N) is 1. The van der Waals surface area contributed by atoms with Crippen LogP contribution in [0.5, 0.6) is 0 Å². The summed E-state index contributed by atoms with van der Waals surface area (Å²) in [5, 5.41) is 3.27. The van der Waals surface area contributed by atoms with E-state index in [0.717, 1.165) is 12.1 Å². The molecule has 1 atom stereocenters. The molecule has 0 aliphatic carbocycles. The van der Waals surface area contributed by atoms with Crippen LogP contribution in [-0.4, -0.2) is 14.7 Å². The molecule has 76 valence electrons. The summed E-state index contributed by atoms with van der Waals surface area (Å²) in [6, 6.07) is 5.67. The van der Waals surface area contributed by atoms with Gasteiger partial charge in [-0.05, 0) is 30.2 Å². The van der Waals surface area contributed by atoms with Crippen molar-refractivity contribution in [2.45, 2.75) is 24.4 Å². The zero-order chi connectivity index (χ0) is 10.3. The van der Waals surface area contributed by atoms with E-state index in [9.17, 15) is 8.42 Å². The first-order valence-electron chi connectivity index (χ1n) is 4.55. The minimum absolute atomic E-state index is 0.332. The van der Waals surface area contributed by atoms with E-state index in [2.05, 4.69) is 12.2 Å². The molecule has 3 nitrogen and oxygen atoms in total. The fourth-order valence-electron chi connectivity index (χ4n) is 1.76. The summed E-state index contributed by atoms with van der Waals surface area (Å²) >= 11 is 0. The maximum atomic E-state index is 11.3. The van der Waals surface area contributed by atoms with E-state index >= 15 is 0 Å². The van der Waals surface area contributed by atoms with Gasteiger partial charge in [-0.2, -0.15) is 0 Å². The lowest BCUT2D eigenvalue weighted by molar-refractivity contribution is 0.601. The van der Waals surface area contributed by atoms with Gasteiger partial charge in [-0.3, -0.25) is 0 Å². The number of hydrogen-bond donors (Lipinski definition) is 1. The van der Waals surface area contributed by atoms with Crippen LogP contribution in [0.3, 0.4) is 0 Å². The monoisotopic (exact) mass is 211 g/mol. The highest BCUT2D eigenvalue weighted by molar-refractivity contribution is 7.90. The van der Waals surface area contributed by atoms with Crippen molar-refractivity contribution in [1.29, 1.82) is 0 Å². The molecule has 0 spiro atoms. The molecule has 1 aromatic carbocycles. The highest BCUT2D eigenvalue weighted by atomic mass is 32.2. The number of sulfone groups is 1. The Labute approximate surface area is 84.1 Å². The number of fused-ring (bicyclic) bond motifs is 1. The molecule has 0 saturated heterocycles. The summed E-state index contributed by atoms with van der Waals surface area (Å²) in [4.78, 5) is 0.409. The molecule has 2 rings (SSSR count). The quantitative estimate of drug-likeness (QED) is 0.760. The Morgan fingerprint density at radius 3 is 2.79 bits per heavy atom. The first kappa shape index (κ1) is 9.68. The lowest BCUT2D eigenvalue weighted by Crippen LogP contribution is -2.06. The van der Waals surface area contributed by atoms with Gasteiger partial charge in [-0.25, -0.2) is 8.42 Å². The van der Waals surface area contributed by atoms with E-state index in [0.29, 0.717) is 10.9 Å². The van der Waals surface area contributed by atoms with Crippen LogP contribution in [0.15, 0.2) is 23.1 Å². The van der Waals surface area contributed by atoms with Gasteiger partial charge in [0.25, 0.3) is 0 Å². The Balaban J connectivity index is 2.53. The summed E-state index contributed by atoms with van der Waals surface area (Å²) in [5.41, 5.74) is 2.30. The van der Waals surface area contributed by atoms with Gasteiger partial charge in [-0.1, -0.05) is 6.07 Å². The summed E-state index contributed by atoms with van der Waals surface area (Å²) in [7, 11) is -3.07. The van der Waals surface area contributed by atoms with Gasteiger partial charge in [0.2, 0.25) is 0 Å². The van der Waals surface area contributed by atoms with Gasteiger partial charge in [-0.15, -0.1) is 0 Å². The highest BCUT2D eigenvalue weighted by Crippen LogP contribution is 2.26. The van der Waals surface area contributed by atoms with Gasteiger partial charge in [0.15, 0.2) is 9.84 Å². The molecular weight excluding hydrogens is 198 g/mol. The first-order chi connectivity index (χ1) is 6.48. The zero-order valence-electron chi connectivity index (χ0n) is 8.24. The summed E-state index contributed by atoms with van der Waals surface area (Å²) in [6.07, 6.45) is 1.24. The first-order valence-corrected chi connectivity index (χ1v) is 6.44. The topological polar surface area (TPSA) is 46.2 Å². The van der Waals surface area contributed by atoms with Crippen LogP contribution in [-0.2, 0) is 16.4 Å². The van der Waals surface area contributed by atoms with Crippen LogP contribution < -0.4 is 5.32 Å². The molecule has 1 aliphatic heterocycles. The maximum absolute atomic E-state index is 11.3. The van der Waals surface area contributed by atoms with Crippen molar-refractivity contribution in [1.82, 2.24) is 5.32 Å². The lowest BCUT2D eigenvalue weighted by atomic mass is 10.1. The standard InChI is InChI=1S/C10H13NO2S/c1-7-10-4-3-9(14(2,12)13)5-8(10)6-11-7/h3-5,7,11H,6H2,1-2H3. The Morgan fingerprint density at radius 1 is 1.43 bits per heavy atom. The molecule has 14 heavy (non-hydrogen) atoms. The van der Waals surface area contributed by atoms with Crippen molar-refractivity contribution in [3.05, 3.63) is 29.3 Å². The minimum Gasteiger partial charge on any atom is -0.306 e. The molecule has 0 bridgehead atoms. The van der Waals surface area contributed by atoms with E-state index in [-0.39, 0.29) is 0 Å². The van der Waals surface area contributed by atoms with Crippen molar-refractivity contribution in [2.75, 3.05) is 6.26 Å². The van der Waals surface area contributed by atoms with Crippen LogP contribution >= 0.6 is 0 Å². The second-order valence-electron chi connectivity index (χ2n) is 3.74. The van der Waals surface area contributed by atoms with Crippen LogP contribution in [0.25, 0.3) is 0 Å². The largest absolute Gasteiger partial charge is 0.306 e. The van der Waals surface area contributed by atoms with Gasteiger partial charge in [0.05, 0.1) is 4.90 Å². The molecule has 1 aromatic rings. The van der Waals surface area contributed by atoms with E-state index in [4.69, 9.17) is 0 Å². The Morgan fingerprint density at radius 2 is 2.14 bits per heavy atom. The predicted octanol–water partition coefficient (Wildman–Crippen LogP) is 1.25. The van der Waals surface area contributed by atoms with Crippen molar-refractivity contribution in [2.24, 2.45) is 0 Å². The van der Waals surface area contributed by atoms with Crippen LogP contribution in [0, 0.1) is 0 Å². The van der Waals surface area contributed by atoms with Gasteiger partial charge in [0, 0.05) is 18.8 Å². The molecule has 1 unspecified atom stereocenters. The van der Waals surface area contributed by atoms with Crippen molar-refractivity contribution < 1.29 is 8.42 Å². The third-order valence-electron chi connectivity index (χ3n) is 2.61. The summed E-state index contributed by atoms with van der Waals surface area (Å²) in [5.74, 6) is 0. The zero-order valence-corrected chi connectivity index (χ0v) is 9.06. The van der Waals surface area contributed by atoms with E-state index in [1.54, 1.807) is 12.1 Å². The fourth-order valence-corrected chi connectivity index (χ4v) is 2.43. The SMILES string of the molecule is CC1NCc2cc(S(C)(=O)=O)ccc21. The Kier molecular flexibility index (Phi) is 2.12. The van der Waals surface area contributed by atoms with E-state index < -0.39 is 9.84 Å². The Bertz CT molecular complexity index is 465. The predicted molar refractivity (Wildman–Crippen MR) is 54.8 cm³/mol. The molecule has 0 fully saturated rings. The van der Waals surface area contributed by atoms with Crippen LogP contribution in [0.2, 0.25) is 0 Å². The minimum atomic E-state index is -3.07. The molecule has 1 N–H and O–H groups in total.